The third-order valence-corrected chi connectivity index (χ3v) is 4.16. The number of anilines is 3. The van der Waals surface area contributed by atoms with Crippen molar-refractivity contribution in [2.24, 2.45) is 0 Å². The van der Waals surface area contributed by atoms with Gasteiger partial charge in [0.25, 0.3) is 5.91 Å². The molecule has 1 heterocycles. The third-order valence-electron chi connectivity index (χ3n) is 4.16. The predicted molar refractivity (Wildman–Crippen MR) is 110 cm³/mol. The Morgan fingerprint density at radius 1 is 1.00 bits per heavy atom. The topological polar surface area (TPSA) is 80.3 Å². The Morgan fingerprint density at radius 3 is 2.50 bits per heavy atom. The monoisotopic (exact) mass is 375 g/mol. The smallest absolute Gasteiger partial charge is 0.274 e. The van der Waals surface area contributed by atoms with E-state index < -0.39 is 0 Å². The summed E-state index contributed by atoms with van der Waals surface area (Å²) in [6.07, 6.45) is 1.59. The lowest BCUT2D eigenvalue weighted by molar-refractivity contribution is 0.100. The van der Waals surface area contributed by atoms with Crippen LogP contribution in [-0.2, 0) is 0 Å². The molecule has 0 atom stereocenters. The zero-order chi connectivity index (χ0) is 20.1. The standard InChI is InChI=1S/C22H21N3O3/c1-14-7-10-21(28-3)20(11-14)24-18-8-9-19(23-13-18)22(27)25-17-6-4-5-16(12-17)15(2)26/h4-13,24H,1-3H3,(H,25,27). The second kappa shape index (κ2) is 8.35. The highest BCUT2D eigenvalue weighted by Gasteiger charge is 2.10. The van der Waals surface area contributed by atoms with E-state index in [-0.39, 0.29) is 17.4 Å². The van der Waals surface area contributed by atoms with Crippen molar-refractivity contribution in [2.75, 3.05) is 17.7 Å². The van der Waals surface area contributed by atoms with Gasteiger partial charge in [0.1, 0.15) is 11.4 Å². The fourth-order valence-electron chi connectivity index (χ4n) is 2.69. The van der Waals surface area contributed by atoms with Gasteiger partial charge in [-0.3, -0.25) is 9.59 Å². The number of rotatable bonds is 6. The molecule has 0 bridgehead atoms. The van der Waals surface area contributed by atoms with Gasteiger partial charge in [-0.25, -0.2) is 4.98 Å². The summed E-state index contributed by atoms with van der Waals surface area (Å²) in [5, 5.41) is 6.00. The molecular formula is C22H21N3O3. The molecule has 3 aromatic rings. The van der Waals surface area contributed by atoms with Crippen molar-refractivity contribution < 1.29 is 14.3 Å². The molecule has 0 spiro atoms. The summed E-state index contributed by atoms with van der Waals surface area (Å²) in [5.74, 6) is 0.314. The van der Waals surface area contributed by atoms with Crippen LogP contribution in [0.2, 0.25) is 0 Å². The number of hydrogen-bond donors (Lipinski definition) is 2. The molecule has 6 heteroatoms. The van der Waals surface area contributed by atoms with Gasteiger partial charge in [0, 0.05) is 11.3 Å². The molecule has 3 rings (SSSR count). The number of nitrogens with one attached hydrogen (secondary N) is 2. The molecule has 142 valence electrons. The van der Waals surface area contributed by atoms with E-state index in [9.17, 15) is 9.59 Å². The van der Waals surface area contributed by atoms with Gasteiger partial charge in [-0.05, 0) is 55.8 Å². The van der Waals surface area contributed by atoms with Crippen molar-refractivity contribution in [1.82, 2.24) is 4.98 Å². The summed E-state index contributed by atoms with van der Waals surface area (Å²) in [4.78, 5) is 28.1. The predicted octanol–water partition coefficient (Wildman–Crippen LogP) is 4.60. The van der Waals surface area contributed by atoms with Gasteiger partial charge < -0.3 is 15.4 Å². The minimum atomic E-state index is -0.347. The van der Waals surface area contributed by atoms with Crippen molar-refractivity contribution in [3.8, 4) is 5.75 Å². The number of methoxy groups -OCH3 is 1. The number of aryl methyl sites for hydroxylation is 1. The lowest BCUT2D eigenvalue weighted by Gasteiger charge is -2.12. The van der Waals surface area contributed by atoms with E-state index >= 15 is 0 Å². The summed E-state index contributed by atoms with van der Waals surface area (Å²) >= 11 is 0. The van der Waals surface area contributed by atoms with Crippen molar-refractivity contribution in [3.05, 3.63) is 77.6 Å². The first-order chi connectivity index (χ1) is 13.5. The van der Waals surface area contributed by atoms with Crippen molar-refractivity contribution in [1.29, 1.82) is 0 Å². The molecule has 28 heavy (non-hydrogen) atoms. The van der Waals surface area contributed by atoms with Crippen LogP contribution in [0.3, 0.4) is 0 Å². The quantitative estimate of drug-likeness (QED) is 0.616. The number of nitrogens with zero attached hydrogens (tertiary/aromatic N) is 1. The van der Waals surface area contributed by atoms with Gasteiger partial charge in [0.2, 0.25) is 0 Å². The minimum absolute atomic E-state index is 0.0590. The maximum Gasteiger partial charge on any atom is 0.274 e. The number of hydrogen-bond acceptors (Lipinski definition) is 5. The summed E-state index contributed by atoms with van der Waals surface area (Å²) in [6, 6.07) is 16.0. The van der Waals surface area contributed by atoms with Gasteiger partial charge in [-0.2, -0.15) is 0 Å². The average molecular weight is 375 g/mol. The second-order valence-corrected chi connectivity index (χ2v) is 6.35. The fourth-order valence-corrected chi connectivity index (χ4v) is 2.69. The SMILES string of the molecule is COc1ccc(C)cc1Nc1ccc(C(=O)Nc2cccc(C(C)=O)c2)nc1. The number of amides is 1. The van der Waals surface area contributed by atoms with E-state index in [1.165, 1.54) is 6.92 Å². The van der Waals surface area contributed by atoms with Crippen LogP contribution in [0.15, 0.2) is 60.8 Å². The first-order valence-electron chi connectivity index (χ1n) is 8.76. The largest absolute Gasteiger partial charge is 0.495 e. The van der Waals surface area contributed by atoms with Crippen LogP contribution in [0.5, 0.6) is 5.75 Å². The van der Waals surface area contributed by atoms with Crippen LogP contribution >= 0.6 is 0 Å². The first-order valence-corrected chi connectivity index (χ1v) is 8.76. The number of pyridine rings is 1. The van der Waals surface area contributed by atoms with Gasteiger partial charge >= 0.3 is 0 Å². The molecule has 0 saturated heterocycles. The van der Waals surface area contributed by atoms with Crippen molar-refractivity contribution in [2.45, 2.75) is 13.8 Å². The Morgan fingerprint density at radius 2 is 1.82 bits per heavy atom. The van der Waals surface area contributed by atoms with Crippen LogP contribution < -0.4 is 15.4 Å². The Hall–Kier alpha value is -3.67. The molecule has 1 aromatic heterocycles. The number of benzene rings is 2. The molecular weight excluding hydrogens is 354 g/mol. The van der Waals surface area contributed by atoms with Crippen LogP contribution in [0.25, 0.3) is 0 Å². The zero-order valence-electron chi connectivity index (χ0n) is 15.9. The first kappa shape index (κ1) is 19.1. The molecule has 0 aliphatic heterocycles. The number of aromatic nitrogens is 1. The maximum atomic E-state index is 12.4. The molecule has 2 aromatic carbocycles. The van der Waals surface area contributed by atoms with E-state index in [2.05, 4.69) is 15.6 Å². The van der Waals surface area contributed by atoms with Crippen molar-refractivity contribution >= 4 is 28.8 Å². The van der Waals surface area contributed by atoms with Gasteiger partial charge in [-0.15, -0.1) is 0 Å². The Labute approximate surface area is 163 Å². The number of Topliss-reactive ketones (excluding diaryl/α,β-unsaturated/α-hetero) is 1. The highest BCUT2D eigenvalue weighted by molar-refractivity contribution is 6.04. The molecule has 0 aliphatic rings. The molecule has 0 unspecified atom stereocenters. The summed E-state index contributed by atoms with van der Waals surface area (Å²) in [7, 11) is 1.61. The Kier molecular flexibility index (Phi) is 5.69. The molecule has 0 saturated carbocycles. The fraction of sp³-hybridized carbons (Fsp3) is 0.136. The highest BCUT2D eigenvalue weighted by Crippen LogP contribution is 2.28. The average Bonchev–Trinajstić information content (AvgIpc) is 2.69. The van der Waals surface area contributed by atoms with Gasteiger partial charge in [0.05, 0.1) is 24.7 Å². The van der Waals surface area contributed by atoms with Crippen LogP contribution in [0.4, 0.5) is 17.1 Å². The highest BCUT2D eigenvalue weighted by atomic mass is 16.5. The zero-order valence-corrected chi connectivity index (χ0v) is 15.9. The molecule has 0 radical (unpaired) electrons. The van der Waals surface area contributed by atoms with E-state index in [0.717, 1.165) is 22.7 Å². The number of carbonyl (C=O) groups excluding carboxylic acids is 2. The molecule has 1 amide bonds. The normalized spacial score (nSPS) is 10.2. The summed E-state index contributed by atoms with van der Waals surface area (Å²) in [5.41, 5.74) is 4.01. The van der Waals surface area contributed by atoms with E-state index in [1.807, 2.05) is 25.1 Å². The van der Waals surface area contributed by atoms with Crippen LogP contribution in [0, 0.1) is 6.92 Å². The van der Waals surface area contributed by atoms with Gasteiger partial charge in [0.15, 0.2) is 5.78 Å². The number of ketones is 1. The van der Waals surface area contributed by atoms with Crippen LogP contribution in [-0.4, -0.2) is 23.8 Å². The maximum absolute atomic E-state index is 12.4. The number of carbonyl (C=O) groups is 2. The molecule has 0 aliphatic carbocycles. The van der Waals surface area contributed by atoms with E-state index in [4.69, 9.17) is 4.74 Å². The minimum Gasteiger partial charge on any atom is -0.495 e. The van der Waals surface area contributed by atoms with E-state index in [0.29, 0.717) is 11.3 Å². The van der Waals surface area contributed by atoms with E-state index in [1.54, 1.807) is 49.7 Å². The lowest BCUT2D eigenvalue weighted by atomic mass is 10.1. The Balaban J connectivity index is 1.72. The number of ether oxygens (including phenoxy) is 1. The third kappa shape index (κ3) is 4.54. The van der Waals surface area contributed by atoms with Gasteiger partial charge in [-0.1, -0.05) is 18.2 Å². The molecule has 6 nitrogen and oxygen atoms in total. The summed E-state index contributed by atoms with van der Waals surface area (Å²) in [6.45, 7) is 3.48. The van der Waals surface area contributed by atoms with Crippen molar-refractivity contribution in [3.63, 3.8) is 0 Å². The lowest BCUT2D eigenvalue weighted by Crippen LogP contribution is -2.14. The second-order valence-electron chi connectivity index (χ2n) is 6.35. The summed E-state index contributed by atoms with van der Waals surface area (Å²) < 4.78 is 5.36. The van der Waals surface area contributed by atoms with Crippen LogP contribution in [0.1, 0.15) is 33.3 Å². The molecule has 2 N–H and O–H groups in total. The Bertz CT molecular complexity index is 1010. The molecule has 0 fully saturated rings.